The summed E-state index contributed by atoms with van der Waals surface area (Å²) in [4.78, 5) is 11.9. The van der Waals surface area contributed by atoms with E-state index in [0.717, 1.165) is 45.8 Å². The van der Waals surface area contributed by atoms with Gasteiger partial charge in [-0.1, -0.05) is 91.9 Å². The molecule has 0 bridgehead atoms. The molecule has 0 aromatic heterocycles. The van der Waals surface area contributed by atoms with Crippen molar-refractivity contribution < 1.29 is 4.79 Å². The molecule has 2 aliphatic rings. The van der Waals surface area contributed by atoms with Crippen LogP contribution >= 0.6 is 11.8 Å². The molecule has 0 unspecified atom stereocenters. The third kappa shape index (κ3) is 3.84. The van der Waals surface area contributed by atoms with Gasteiger partial charge < -0.3 is 0 Å². The predicted molar refractivity (Wildman–Crippen MR) is 158 cm³/mol. The number of para-hydroxylation sites is 2. The van der Waals surface area contributed by atoms with E-state index in [1.54, 1.807) is 6.92 Å². The van der Waals surface area contributed by atoms with Crippen molar-refractivity contribution >= 4 is 39.7 Å². The molecule has 6 rings (SSSR count). The summed E-state index contributed by atoms with van der Waals surface area (Å²) in [5.41, 5.74) is 8.18. The minimum Gasteiger partial charge on any atom is -0.292 e. The van der Waals surface area contributed by atoms with Gasteiger partial charge in [-0.3, -0.25) is 4.79 Å². The van der Waals surface area contributed by atoms with E-state index in [4.69, 9.17) is 10.2 Å². The van der Waals surface area contributed by atoms with E-state index < -0.39 is 4.99 Å². The molecule has 2 heterocycles. The van der Waals surface area contributed by atoms with Crippen LogP contribution in [0, 0.1) is 6.92 Å². The number of ketones is 1. The molecular weight excluding hydrogens is 488 g/mol. The molecule has 0 N–H and O–H groups in total. The van der Waals surface area contributed by atoms with E-state index in [1.165, 1.54) is 17.3 Å². The van der Waals surface area contributed by atoms with E-state index >= 15 is 0 Å². The van der Waals surface area contributed by atoms with Gasteiger partial charge in [0.25, 0.3) is 0 Å². The zero-order valence-electron chi connectivity index (χ0n) is 21.6. The van der Waals surface area contributed by atoms with Crippen LogP contribution in [0.3, 0.4) is 0 Å². The molecule has 4 aromatic carbocycles. The van der Waals surface area contributed by atoms with Gasteiger partial charge in [-0.15, -0.1) is 0 Å². The molecule has 6 heteroatoms. The summed E-state index contributed by atoms with van der Waals surface area (Å²) in [5.74, 6) is -0.0686. The smallest absolute Gasteiger partial charge is 0.234 e. The first-order valence-corrected chi connectivity index (χ1v) is 13.6. The summed E-state index contributed by atoms with van der Waals surface area (Å²) in [5, 5.41) is 14.8. The number of hydrogen-bond acceptors (Lipinski definition) is 6. The summed E-state index contributed by atoms with van der Waals surface area (Å²) < 4.78 is 0. The number of carbonyl (C=O) groups excluding carboxylic acids is 1. The quantitative estimate of drug-likeness (QED) is 0.284. The molecule has 0 saturated carbocycles. The number of hydrogen-bond donors (Lipinski definition) is 0. The van der Waals surface area contributed by atoms with Crippen molar-refractivity contribution in [1.82, 2.24) is 0 Å². The lowest BCUT2D eigenvalue weighted by Crippen LogP contribution is -2.54. The molecule has 0 amide bonds. The number of hydrazone groups is 2. The standard InChI is InChI=1S/C32H28N4OS/c1-4-24-18-20-25(21-19-24)30-27-15-9-10-16-28(27)32(35(33-30)26-13-6-5-7-14-26)36(34-31(38-32)23(3)37)29-17-11-8-12-22(29)2/h5-21H,4H2,1-3H3/t32-/m0/s1. The monoisotopic (exact) mass is 516 g/mol. The van der Waals surface area contributed by atoms with Crippen LogP contribution in [0.2, 0.25) is 0 Å². The van der Waals surface area contributed by atoms with Gasteiger partial charge in [0, 0.05) is 23.6 Å². The third-order valence-corrected chi connectivity index (χ3v) is 8.43. The molecule has 0 saturated heterocycles. The van der Waals surface area contributed by atoms with E-state index in [-0.39, 0.29) is 5.78 Å². The lowest BCUT2D eigenvalue weighted by Gasteiger charge is -2.47. The number of nitrogens with zero attached hydrogens (tertiary/aromatic N) is 4. The van der Waals surface area contributed by atoms with Gasteiger partial charge in [0.05, 0.1) is 17.1 Å². The lowest BCUT2D eigenvalue weighted by atomic mass is 9.92. The van der Waals surface area contributed by atoms with E-state index in [0.29, 0.717) is 5.04 Å². The van der Waals surface area contributed by atoms with Crippen LogP contribution in [-0.2, 0) is 16.2 Å². The summed E-state index contributed by atoms with van der Waals surface area (Å²) in [6, 6.07) is 35.3. The fourth-order valence-electron chi connectivity index (χ4n) is 5.04. The van der Waals surface area contributed by atoms with Crippen molar-refractivity contribution in [3.63, 3.8) is 0 Å². The first-order chi connectivity index (χ1) is 18.5. The Morgan fingerprint density at radius 3 is 2.21 bits per heavy atom. The Balaban J connectivity index is 1.66. The van der Waals surface area contributed by atoms with Crippen molar-refractivity contribution in [2.24, 2.45) is 10.2 Å². The molecule has 0 radical (unpaired) electrons. The molecule has 188 valence electrons. The van der Waals surface area contributed by atoms with Gasteiger partial charge in [-0.25, -0.2) is 10.0 Å². The maximum Gasteiger partial charge on any atom is 0.234 e. The highest BCUT2D eigenvalue weighted by atomic mass is 32.2. The minimum atomic E-state index is -0.933. The number of benzene rings is 4. The van der Waals surface area contributed by atoms with E-state index in [9.17, 15) is 4.79 Å². The van der Waals surface area contributed by atoms with Crippen molar-refractivity contribution in [2.45, 2.75) is 32.2 Å². The molecule has 38 heavy (non-hydrogen) atoms. The van der Waals surface area contributed by atoms with Crippen LogP contribution < -0.4 is 10.0 Å². The number of carbonyl (C=O) groups is 1. The predicted octanol–water partition coefficient (Wildman–Crippen LogP) is 7.10. The fraction of sp³-hybridized carbons (Fsp3) is 0.156. The number of anilines is 2. The van der Waals surface area contributed by atoms with Gasteiger partial charge in [-0.2, -0.15) is 10.2 Å². The Bertz CT molecular complexity index is 1580. The van der Waals surface area contributed by atoms with Crippen molar-refractivity contribution in [2.75, 3.05) is 10.0 Å². The molecule has 1 atom stereocenters. The summed E-state index contributed by atoms with van der Waals surface area (Å²) in [6.45, 7) is 5.81. The Kier molecular flexibility index (Phi) is 6.12. The molecule has 0 fully saturated rings. The second-order valence-corrected chi connectivity index (χ2v) is 10.6. The van der Waals surface area contributed by atoms with Crippen LogP contribution in [0.5, 0.6) is 0 Å². The van der Waals surface area contributed by atoms with Crippen LogP contribution in [0.1, 0.15) is 41.7 Å². The second kappa shape index (κ2) is 9.62. The third-order valence-electron chi connectivity index (χ3n) is 7.02. The number of thioether (sulfide) groups is 1. The Labute approximate surface area is 227 Å². The van der Waals surface area contributed by atoms with E-state index in [1.807, 2.05) is 46.4 Å². The van der Waals surface area contributed by atoms with Crippen LogP contribution in [0.15, 0.2) is 113 Å². The fourth-order valence-corrected chi connectivity index (χ4v) is 6.32. The van der Waals surface area contributed by atoms with E-state index in [2.05, 4.69) is 80.6 Å². The average molecular weight is 517 g/mol. The molecule has 2 aliphatic heterocycles. The van der Waals surface area contributed by atoms with Gasteiger partial charge in [0.1, 0.15) is 0 Å². The zero-order chi connectivity index (χ0) is 26.3. The molecule has 4 aromatic rings. The first kappa shape index (κ1) is 24.2. The van der Waals surface area contributed by atoms with Gasteiger partial charge in [-0.05, 0) is 54.4 Å². The van der Waals surface area contributed by atoms with Crippen LogP contribution in [-0.4, -0.2) is 16.5 Å². The highest BCUT2D eigenvalue weighted by Crippen LogP contribution is 2.55. The summed E-state index contributed by atoms with van der Waals surface area (Å²) in [7, 11) is 0. The highest BCUT2D eigenvalue weighted by Gasteiger charge is 2.56. The largest absolute Gasteiger partial charge is 0.292 e. The normalized spacial score (nSPS) is 18.3. The topological polar surface area (TPSA) is 48.3 Å². The first-order valence-electron chi connectivity index (χ1n) is 12.8. The SMILES string of the molecule is CCc1ccc(C2=NN(c3ccccc3)[C@@]3(SC(C(C)=O)=NN3c3ccccc3C)c3ccccc32)cc1. The van der Waals surface area contributed by atoms with Crippen LogP contribution in [0.4, 0.5) is 11.4 Å². The van der Waals surface area contributed by atoms with Crippen molar-refractivity contribution in [1.29, 1.82) is 0 Å². The van der Waals surface area contributed by atoms with Gasteiger partial charge >= 0.3 is 0 Å². The maximum absolute atomic E-state index is 12.8. The number of rotatable bonds is 5. The number of Topliss-reactive ketones (excluding diaryl/α,β-unsaturated/α-hetero) is 1. The lowest BCUT2D eigenvalue weighted by molar-refractivity contribution is -0.110. The molecule has 0 aliphatic carbocycles. The summed E-state index contributed by atoms with van der Waals surface area (Å²) in [6.07, 6.45) is 0.982. The van der Waals surface area contributed by atoms with Gasteiger partial charge in [0.15, 0.2) is 10.8 Å². The van der Waals surface area contributed by atoms with Crippen LogP contribution in [0.25, 0.3) is 0 Å². The second-order valence-electron chi connectivity index (χ2n) is 9.46. The maximum atomic E-state index is 12.8. The Morgan fingerprint density at radius 1 is 0.816 bits per heavy atom. The summed E-state index contributed by atoms with van der Waals surface area (Å²) >= 11 is 1.45. The number of fused-ring (bicyclic) bond motifs is 2. The van der Waals surface area contributed by atoms with Gasteiger partial charge in [0.2, 0.25) is 4.99 Å². The highest BCUT2D eigenvalue weighted by molar-refractivity contribution is 8.17. The Morgan fingerprint density at radius 2 is 1.50 bits per heavy atom. The minimum absolute atomic E-state index is 0.0686. The van der Waals surface area contributed by atoms with Crippen molar-refractivity contribution in [3.8, 4) is 0 Å². The van der Waals surface area contributed by atoms with Crippen molar-refractivity contribution in [3.05, 3.63) is 131 Å². The average Bonchev–Trinajstić information content (AvgIpc) is 3.35. The zero-order valence-corrected chi connectivity index (χ0v) is 22.4. The molecular formula is C32H28N4OS. The number of aryl methyl sites for hydroxylation is 2. The Hall–Kier alpha value is -4.16. The molecule has 1 spiro atoms. The molecule has 5 nitrogen and oxygen atoms in total.